The molecule has 2 aromatic rings. The van der Waals surface area contributed by atoms with Crippen LogP contribution in [0.2, 0.25) is 15.1 Å². The zero-order valence-electron chi connectivity index (χ0n) is 15.3. The molecule has 6 nitrogen and oxygen atoms in total. The molecule has 1 aliphatic rings. The molecule has 2 heterocycles. The van der Waals surface area contributed by atoms with Crippen molar-refractivity contribution in [1.82, 2.24) is 19.6 Å². The first-order valence-corrected chi connectivity index (χ1v) is 9.89. The molecule has 146 valence electrons. The minimum absolute atomic E-state index is 0.0641. The quantitative estimate of drug-likeness (QED) is 0.789. The molecule has 0 spiro atoms. The van der Waals surface area contributed by atoms with Crippen LogP contribution in [0.4, 0.5) is 5.69 Å². The molecule has 1 atom stereocenters. The minimum Gasteiger partial charge on any atom is -0.380 e. The molecule has 0 aliphatic carbocycles. The molecule has 0 radical (unpaired) electrons. The Morgan fingerprint density at radius 3 is 2.52 bits per heavy atom. The number of benzene rings is 1. The zero-order chi connectivity index (χ0) is 19.6. The molecule has 0 saturated carbocycles. The topological polar surface area (TPSA) is 53.4 Å². The average Bonchev–Trinajstić information content (AvgIpc) is 2.63. The standard InChI is InChI=1S/C18H22Cl3N5O/c1-12(11-25-7-5-24(2)6-8-25)23-16-4-3-13(9-14(16)19)26-18(27)17(21)15(20)10-22-26/h3-4,9-10,12,23H,5-8,11H2,1-2H3. The molecule has 1 unspecified atom stereocenters. The van der Waals surface area contributed by atoms with Crippen molar-refractivity contribution in [2.75, 3.05) is 45.1 Å². The molecule has 1 fully saturated rings. The lowest BCUT2D eigenvalue weighted by Crippen LogP contribution is -2.47. The van der Waals surface area contributed by atoms with Gasteiger partial charge in [0, 0.05) is 38.8 Å². The molecule has 27 heavy (non-hydrogen) atoms. The van der Waals surface area contributed by atoms with Gasteiger partial charge in [0.25, 0.3) is 5.56 Å². The van der Waals surface area contributed by atoms with E-state index in [0.717, 1.165) is 38.4 Å². The number of likely N-dealkylation sites (N-methyl/N-ethyl adjacent to an activating group) is 1. The highest BCUT2D eigenvalue weighted by atomic mass is 35.5. The fourth-order valence-corrected chi connectivity index (χ4v) is 3.56. The fourth-order valence-electron chi connectivity index (χ4n) is 3.08. The number of hydrogen-bond acceptors (Lipinski definition) is 5. The second-order valence-electron chi connectivity index (χ2n) is 6.84. The van der Waals surface area contributed by atoms with Gasteiger partial charge in [-0.1, -0.05) is 34.8 Å². The van der Waals surface area contributed by atoms with E-state index < -0.39 is 5.56 Å². The molecule has 0 bridgehead atoms. The highest BCUT2D eigenvalue weighted by Gasteiger charge is 2.17. The van der Waals surface area contributed by atoms with Gasteiger partial charge in [0.05, 0.1) is 27.6 Å². The number of nitrogens with one attached hydrogen (secondary N) is 1. The van der Waals surface area contributed by atoms with E-state index >= 15 is 0 Å². The first-order chi connectivity index (χ1) is 12.8. The van der Waals surface area contributed by atoms with Crippen LogP contribution < -0.4 is 10.9 Å². The Kier molecular flexibility index (Phi) is 6.65. The van der Waals surface area contributed by atoms with Gasteiger partial charge in [-0.25, -0.2) is 0 Å². The van der Waals surface area contributed by atoms with Crippen LogP contribution in [0.25, 0.3) is 5.69 Å². The molecule has 9 heteroatoms. The lowest BCUT2D eigenvalue weighted by atomic mass is 10.2. The van der Waals surface area contributed by atoms with Crippen molar-refractivity contribution in [2.24, 2.45) is 0 Å². The Balaban J connectivity index is 1.70. The smallest absolute Gasteiger partial charge is 0.291 e. The van der Waals surface area contributed by atoms with Gasteiger partial charge in [-0.05, 0) is 32.2 Å². The molecule has 1 aromatic heterocycles. The van der Waals surface area contributed by atoms with E-state index in [9.17, 15) is 4.79 Å². The zero-order valence-corrected chi connectivity index (χ0v) is 17.5. The van der Waals surface area contributed by atoms with Crippen molar-refractivity contribution >= 4 is 40.5 Å². The summed E-state index contributed by atoms with van der Waals surface area (Å²) in [5, 5.41) is 8.03. The van der Waals surface area contributed by atoms with Gasteiger partial charge in [0.15, 0.2) is 0 Å². The normalized spacial score (nSPS) is 17.1. The third kappa shape index (κ3) is 4.95. The monoisotopic (exact) mass is 429 g/mol. The van der Waals surface area contributed by atoms with E-state index in [-0.39, 0.29) is 16.1 Å². The molecule has 1 aliphatic heterocycles. The predicted molar refractivity (Wildman–Crippen MR) is 112 cm³/mol. The summed E-state index contributed by atoms with van der Waals surface area (Å²) in [5.41, 5.74) is 0.861. The highest BCUT2D eigenvalue weighted by Crippen LogP contribution is 2.25. The number of nitrogens with zero attached hydrogens (tertiary/aromatic N) is 4. The second-order valence-corrected chi connectivity index (χ2v) is 8.03. The third-order valence-corrected chi connectivity index (χ3v) is 5.66. The minimum atomic E-state index is -0.482. The van der Waals surface area contributed by atoms with Gasteiger partial charge >= 0.3 is 0 Å². The van der Waals surface area contributed by atoms with E-state index in [1.807, 2.05) is 6.07 Å². The number of hydrogen-bond donors (Lipinski definition) is 1. The largest absolute Gasteiger partial charge is 0.380 e. The number of aromatic nitrogens is 2. The summed E-state index contributed by atoms with van der Waals surface area (Å²) in [6.45, 7) is 7.40. The van der Waals surface area contributed by atoms with Crippen LogP contribution in [0, 0.1) is 0 Å². The van der Waals surface area contributed by atoms with Crippen LogP contribution >= 0.6 is 34.8 Å². The third-order valence-electron chi connectivity index (χ3n) is 4.60. The Hall–Kier alpha value is -1.31. The second kappa shape index (κ2) is 8.80. The van der Waals surface area contributed by atoms with Crippen molar-refractivity contribution in [3.8, 4) is 5.69 Å². The molecular formula is C18H22Cl3N5O. The van der Waals surface area contributed by atoms with Gasteiger partial charge in [-0.3, -0.25) is 9.69 Å². The Labute approximate surface area is 173 Å². The van der Waals surface area contributed by atoms with E-state index in [0.29, 0.717) is 10.7 Å². The van der Waals surface area contributed by atoms with E-state index in [2.05, 4.69) is 34.2 Å². The van der Waals surface area contributed by atoms with Crippen LogP contribution in [0.3, 0.4) is 0 Å². The maximum atomic E-state index is 12.2. The Morgan fingerprint density at radius 1 is 1.15 bits per heavy atom. The summed E-state index contributed by atoms with van der Waals surface area (Å²) in [7, 11) is 2.15. The summed E-state index contributed by atoms with van der Waals surface area (Å²) in [6, 6.07) is 5.54. The van der Waals surface area contributed by atoms with Crippen molar-refractivity contribution in [3.63, 3.8) is 0 Å². The van der Waals surface area contributed by atoms with Crippen molar-refractivity contribution in [1.29, 1.82) is 0 Å². The maximum absolute atomic E-state index is 12.2. The SMILES string of the molecule is CC(CN1CCN(C)CC1)Nc1ccc(-n2ncc(Cl)c(Cl)c2=O)cc1Cl. The van der Waals surface area contributed by atoms with E-state index in [1.165, 1.54) is 10.9 Å². The molecule has 3 rings (SSSR count). The van der Waals surface area contributed by atoms with Crippen molar-refractivity contribution < 1.29 is 0 Å². The Morgan fingerprint density at radius 2 is 1.85 bits per heavy atom. The first-order valence-electron chi connectivity index (χ1n) is 8.76. The Bertz CT molecular complexity index is 865. The molecule has 0 amide bonds. The van der Waals surface area contributed by atoms with Gasteiger partial charge in [-0.15, -0.1) is 0 Å². The summed E-state index contributed by atoms with van der Waals surface area (Å²) >= 11 is 18.2. The molecule has 1 aromatic carbocycles. The lowest BCUT2D eigenvalue weighted by Gasteiger charge is -2.34. The van der Waals surface area contributed by atoms with Crippen LogP contribution in [-0.2, 0) is 0 Å². The first kappa shape index (κ1) is 20.4. The predicted octanol–water partition coefficient (Wildman–Crippen LogP) is 3.24. The van der Waals surface area contributed by atoms with Crippen LogP contribution in [0.1, 0.15) is 6.92 Å². The summed E-state index contributed by atoms with van der Waals surface area (Å²) in [6.07, 6.45) is 1.34. The van der Waals surface area contributed by atoms with Gasteiger partial charge in [0.1, 0.15) is 5.02 Å². The fraction of sp³-hybridized carbons (Fsp3) is 0.444. The van der Waals surface area contributed by atoms with Gasteiger partial charge in [-0.2, -0.15) is 9.78 Å². The van der Waals surface area contributed by atoms with Crippen LogP contribution in [0.15, 0.2) is 29.2 Å². The van der Waals surface area contributed by atoms with Crippen molar-refractivity contribution in [3.05, 3.63) is 49.8 Å². The summed E-state index contributed by atoms with van der Waals surface area (Å²) < 4.78 is 1.18. The molecular weight excluding hydrogens is 409 g/mol. The molecule has 1 saturated heterocycles. The number of rotatable bonds is 5. The number of anilines is 1. The van der Waals surface area contributed by atoms with Gasteiger partial charge < -0.3 is 10.2 Å². The van der Waals surface area contributed by atoms with E-state index in [4.69, 9.17) is 34.8 Å². The van der Waals surface area contributed by atoms with Crippen molar-refractivity contribution in [2.45, 2.75) is 13.0 Å². The van der Waals surface area contributed by atoms with Crippen LogP contribution in [0.5, 0.6) is 0 Å². The summed E-state index contributed by atoms with van der Waals surface area (Å²) in [4.78, 5) is 17.0. The highest BCUT2D eigenvalue weighted by molar-refractivity contribution is 6.41. The van der Waals surface area contributed by atoms with E-state index in [1.54, 1.807) is 12.1 Å². The van der Waals surface area contributed by atoms with Gasteiger partial charge in [0.2, 0.25) is 0 Å². The van der Waals surface area contributed by atoms with Crippen LogP contribution in [-0.4, -0.2) is 65.4 Å². The average molecular weight is 431 g/mol. The number of halogens is 3. The lowest BCUT2D eigenvalue weighted by molar-refractivity contribution is 0.151. The summed E-state index contributed by atoms with van der Waals surface area (Å²) in [5.74, 6) is 0. The molecule has 1 N–H and O–H groups in total. The number of piperazine rings is 1. The maximum Gasteiger partial charge on any atom is 0.291 e.